The monoisotopic (exact) mass is 251 g/mol. The highest BCUT2D eigenvalue weighted by Gasteiger charge is 2.31. The van der Waals surface area contributed by atoms with Crippen molar-refractivity contribution in [2.75, 3.05) is 18.8 Å². The van der Waals surface area contributed by atoms with Crippen LogP contribution in [0.5, 0.6) is 0 Å². The molecule has 1 aliphatic heterocycles. The van der Waals surface area contributed by atoms with Crippen LogP contribution in [0.15, 0.2) is 30.3 Å². The minimum absolute atomic E-state index is 0.193. The third-order valence-corrected chi connectivity index (χ3v) is 3.82. The van der Waals surface area contributed by atoms with Gasteiger partial charge < -0.3 is 9.64 Å². The second kappa shape index (κ2) is 5.96. The van der Waals surface area contributed by atoms with Crippen LogP contribution in [0.3, 0.4) is 0 Å². The Labute approximate surface area is 106 Å². The van der Waals surface area contributed by atoms with Gasteiger partial charge in [-0.2, -0.15) is 11.8 Å². The SMILES string of the molecule is CCSC1CN(C(=O)OCc2ccccc2)C1. The Morgan fingerprint density at radius 1 is 1.41 bits per heavy atom. The number of thioether (sulfide) groups is 1. The number of ether oxygens (including phenoxy) is 1. The number of carbonyl (C=O) groups is 1. The van der Waals surface area contributed by atoms with Crippen LogP contribution in [-0.4, -0.2) is 35.1 Å². The summed E-state index contributed by atoms with van der Waals surface area (Å²) in [5, 5.41) is 0.601. The minimum atomic E-state index is -0.193. The van der Waals surface area contributed by atoms with Gasteiger partial charge in [0.05, 0.1) is 0 Å². The number of benzene rings is 1. The van der Waals surface area contributed by atoms with E-state index in [2.05, 4.69) is 6.92 Å². The van der Waals surface area contributed by atoms with E-state index < -0.39 is 0 Å². The average molecular weight is 251 g/mol. The molecule has 3 nitrogen and oxygen atoms in total. The lowest BCUT2D eigenvalue weighted by atomic mass is 10.2. The zero-order chi connectivity index (χ0) is 12.1. The summed E-state index contributed by atoms with van der Waals surface area (Å²) in [5.41, 5.74) is 1.03. The van der Waals surface area contributed by atoms with E-state index in [1.165, 1.54) is 0 Å². The van der Waals surface area contributed by atoms with Crippen LogP contribution in [0.4, 0.5) is 4.79 Å². The molecule has 0 atom stereocenters. The van der Waals surface area contributed by atoms with E-state index in [0.717, 1.165) is 24.4 Å². The molecule has 0 unspecified atom stereocenters. The van der Waals surface area contributed by atoms with E-state index in [1.54, 1.807) is 4.90 Å². The van der Waals surface area contributed by atoms with E-state index in [4.69, 9.17) is 4.74 Å². The summed E-state index contributed by atoms with van der Waals surface area (Å²) < 4.78 is 5.24. The number of hydrogen-bond donors (Lipinski definition) is 0. The van der Waals surface area contributed by atoms with Crippen LogP contribution in [0.25, 0.3) is 0 Å². The molecule has 1 amide bonds. The quantitative estimate of drug-likeness (QED) is 0.824. The van der Waals surface area contributed by atoms with Crippen LogP contribution in [0, 0.1) is 0 Å². The van der Waals surface area contributed by atoms with E-state index in [9.17, 15) is 4.79 Å². The van der Waals surface area contributed by atoms with Gasteiger partial charge >= 0.3 is 6.09 Å². The maximum atomic E-state index is 11.6. The lowest BCUT2D eigenvalue weighted by Gasteiger charge is -2.37. The fourth-order valence-electron chi connectivity index (χ4n) is 1.74. The third kappa shape index (κ3) is 3.40. The summed E-state index contributed by atoms with van der Waals surface area (Å²) in [6.07, 6.45) is -0.193. The van der Waals surface area contributed by atoms with Gasteiger partial charge in [0, 0.05) is 18.3 Å². The van der Waals surface area contributed by atoms with Crippen molar-refractivity contribution in [1.82, 2.24) is 4.90 Å². The summed E-state index contributed by atoms with van der Waals surface area (Å²) in [4.78, 5) is 13.4. The van der Waals surface area contributed by atoms with Crippen molar-refractivity contribution >= 4 is 17.9 Å². The molecule has 0 bridgehead atoms. The van der Waals surface area contributed by atoms with E-state index in [0.29, 0.717) is 11.9 Å². The fourth-order valence-corrected chi connectivity index (χ4v) is 2.78. The van der Waals surface area contributed by atoms with E-state index in [-0.39, 0.29) is 6.09 Å². The molecule has 17 heavy (non-hydrogen) atoms. The molecular formula is C13H17NO2S. The van der Waals surface area contributed by atoms with Crippen molar-refractivity contribution in [2.45, 2.75) is 18.8 Å². The molecule has 0 spiro atoms. The smallest absolute Gasteiger partial charge is 0.410 e. The van der Waals surface area contributed by atoms with Crippen LogP contribution in [0.1, 0.15) is 12.5 Å². The molecule has 0 N–H and O–H groups in total. The summed E-state index contributed by atoms with van der Waals surface area (Å²) in [6, 6.07) is 9.76. The number of likely N-dealkylation sites (tertiary alicyclic amines) is 1. The van der Waals surface area contributed by atoms with Gasteiger partial charge in [-0.25, -0.2) is 4.79 Å². The zero-order valence-electron chi connectivity index (χ0n) is 9.96. The van der Waals surface area contributed by atoms with Gasteiger partial charge in [-0.3, -0.25) is 0 Å². The predicted octanol–water partition coefficient (Wildman–Crippen LogP) is 2.76. The lowest BCUT2D eigenvalue weighted by Crippen LogP contribution is -2.52. The lowest BCUT2D eigenvalue weighted by molar-refractivity contribution is 0.0778. The van der Waals surface area contributed by atoms with Crippen molar-refractivity contribution in [3.8, 4) is 0 Å². The fraction of sp³-hybridized carbons (Fsp3) is 0.462. The minimum Gasteiger partial charge on any atom is -0.445 e. The van der Waals surface area contributed by atoms with E-state index >= 15 is 0 Å². The van der Waals surface area contributed by atoms with Gasteiger partial charge in [0.15, 0.2) is 0 Å². The highest BCUT2D eigenvalue weighted by molar-refractivity contribution is 8.00. The molecule has 1 aromatic carbocycles. The third-order valence-electron chi connectivity index (χ3n) is 2.71. The normalized spacial score (nSPS) is 15.5. The first kappa shape index (κ1) is 12.3. The number of rotatable bonds is 4. The standard InChI is InChI=1S/C13H17NO2S/c1-2-17-12-8-14(9-12)13(15)16-10-11-6-4-3-5-7-11/h3-7,12H,2,8-10H2,1H3. The summed E-state index contributed by atoms with van der Waals surface area (Å²) in [6.45, 7) is 4.15. The maximum Gasteiger partial charge on any atom is 0.410 e. The first-order valence-electron chi connectivity index (χ1n) is 5.87. The van der Waals surface area contributed by atoms with E-state index in [1.807, 2.05) is 42.1 Å². The molecule has 1 heterocycles. The molecule has 1 saturated heterocycles. The van der Waals surface area contributed by atoms with Gasteiger partial charge in [-0.15, -0.1) is 0 Å². The molecule has 0 saturated carbocycles. The molecule has 92 valence electrons. The molecule has 1 aliphatic rings. The molecule has 0 aromatic heterocycles. The van der Waals surface area contributed by atoms with Crippen molar-refractivity contribution in [1.29, 1.82) is 0 Å². The molecule has 2 rings (SSSR count). The highest BCUT2D eigenvalue weighted by atomic mass is 32.2. The summed E-state index contributed by atoms with van der Waals surface area (Å²) >= 11 is 1.90. The first-order valence-corrected chi connectivity index (χ1v) is 6.91. The summed E-state index contributed by atoms with van der Waals surface area (Å²) in [7, 11) is 0. The van der Waals surface area contributed by atoms with Crippen LogP contribution >= 0.6 is 11.8 Å². The Hall–Kier alpha value is -1.16. The van der Waals surface area contributed by atoms with Crippen molar-refractivity contribution in [3.63, 3.8) is 0 Å². The van der Waals surface area contributed by atoms with Crippen molar-refractivity contribution < 1.29 is 9.53 Å². The Morgan fingerprint density at radius 2 is 2.12 bits per heavy atom. The molecule has 1 fully saturated rings. The van der Waals surface area contributed by atoms with Crippen LogP contribution in [0.2, 0.25) is 0 Å². The Kier molecular flexibility index (Phi) is 4.31. The Balaban J connectivity index is 1.69. The Morgan fingerprint density at radius 3 is 2.76 bits per heavy atom. The molecule has 0 aliphatic carbocycles. The van der Waals surface area contributed by atoms with Crippen molar-refractivity contribution in [2.24, 2.45) is 0 Å². The largest absolute Gasteiger partial charge is 0.445 e. The topological polar surface area (TPSA) is 29.5 Å². The van der Waals surface area contributed by atoms with Crippen LogP contribution in [-0.2, 0) is 11.3 Å². The average Bonchev–Trinajstić information content (AvgIpc) is 2.31. The maximum absolute atomic E-state index is 11.6. The zero-order valence-corrected chi connectivity index (χ0v) is 10.8. The molecule has 1 aromatic rings. The molecule has 0 radical (unpaired) electrons. The summed E-state index contributed by atoms with van der Waals surface area (Å²) in [5.74, 6) is 1.11. The predicted molar refractivity (Wildman–Crippen MR) is 70.1 cm³/mol. The van der Waals surface area contributed by atoms with Gasteiger partial charge in [-0.1, -0.05) is 37.3 Å². The van der Waals surface area contributed by atoms with Gasteiger partial charge in [-0.05, 0) is 11.3 Å². The molecular weight excluding hydrogens is 234 g/mol. The number of nitrogens with zero attached hydrogens (tertiary/aromatic N) is 1. The van der Waals surface area contributed by atoms with Gasteiger partial charge in [0.1, 0.15) is 6.61 Å². The van der Waals surface area contributed by atoms with Crippen LogP contribution < -0.4 is 0 Å². The second-order valence-electron chi connectivity index (χ2n) is 4.02. The van der Waals surface area contributed by atoms with Gasteiger partial charge in [0.2, 0.25) is 0 Å². The Bertz CT molecular complexity index is 363. The second-order valence-corrected chi connectivity index (χ2v) is 5.60. The first-order chi connectivity index (χ1) is 8.29. The molecule has 4 heteroatoms. The van der Waals surface area contributed by atoms with Crippen molar-refractivity contribution in [3.05, 3.63) is 35.9 Å². The number of carbonyl (C=O) groups excluding carboxylic acids is 1. The number of amides is 1. The van der Waals surface area contributed by atoms with Gasteiger partial charge in [0.25, 0.3) is 0 Å². The highest BCUT2D eigenvalue weighted by Crippen LogP contribution is 2.22. The number of hydrogen-bond acceptors (Lipinski definition) is 3.